The maximum Gasteiger partial charge on any atom is 0.337 e. The molecule has 118 valence electrons. The van der Waals surface area contributed by atoms with Crippen LogP contribution < -0.4 is 9.47 Å². The molecule has 0 saturated heterocycles. The Kier molecular flexibility index (Phi) is 4.27. The SMILES string of the molecule is COCC(=O)Oc1ccc2c(c1C)O/C(=C\c1cccs1)C2=O. The molecule has 0 saturated carbocycles. The number of hydrogen-bond donors (Lipinski definition) is 0. The predicted octanol–water partition coefficient (Wildman–Crippen LogP) is 3.22. The third-order valence-electron chi connectivity index (χ3n) is 3.34. The fourth-order valence-electron chi connectivity index (χ4n) is 2.25. The van der Waals surface area contributed by atoms with E-state index in [-0.39, 0.29) is 18.1 Å². The van der Waals surface area contributed by atoms with E-state index >= 15 is 0 Å². The molecule has 1 aromatic carbocycles. The second-order valence-corrected chi connectivity index (χ2v) is 5.91. The Morgan fingerprint density at radius 1 is 1.35 bits per heavy atom. The van der Waals surface area contributed by atoms with Gasteiger partial charge in [0.25, 0.3) is 0 Å². The fourth-order valence-corrected chi connectivity index (χ4v) is 2.90. The van der Waals surface area contributed by atoms with Crippen LogP contribution in [0.15, 0.2) is 35.4 Å². The zero-order valence-electron chi connectivity index (χ0n) is 12.6. The topological polar surface area (TPSA) is 61.8 Å². The summed E-state index contributed by atoms with van der Waals surface area (Å²) in [4.78, 5) is 24.9. The maximum atomic E-state index is 12.4. The molecule has 2 heterocycles. The van der Waals surface area contributed by atoms with Crippen molar-refractivity contribution in [2.75, 3.05) is 13.7 Å². The minimum absolute atomic E-state index is 0.139. The van der Waals surface area contributed by atoms with E-state index in [1.54, 1.807) is 25.1 Å². The summed E-state index contributed by atoms with van der Waals surface area (Å²) >= 11 is 1.52. The average molecular weight is 330 g/mol. The van der Waals surface area contributed by atoms with Gasteiger partial charge in [-0.1, -0.05) is 6.07 Å². The summed E-state index contributed by atoms with van der Waals surface area (Å²) in [6.07, 6.45) is 1.71. The van der Waals surface area contributed by atoms with Crippen molar-refractivity contribution < 1.29 is 23.8 Å². The van der Waals surface area contributed by atoms with Gasteiger partial charge in [0.15, 0.2) is 5.76 Å². The molecule has 0 radical (unpaired) electrons. The summed E-state index contributed by atoms with van der Waals surface area (Å²) in [6.45, 7) is 1.61. The molecule has 0 fully saturated rings. The summed E-state index contributed by atoms with van der Waals surface area (Å²) in [7, 11) is 1.42. The van der Waals surface area contributed by atoms with Gasteiger partial charge in [0.2, 0.25) is 5.78 Å². The highest BCUT2D eigenvalue weighted by Gasteiger charge is 2.30. The van der Waals surface area contributed by atoms with Crippen molar-refractivity contribution in [3.8, 4) is 11.5 Å². The molecule has 0 unspecified atom stereocenters. The number of allylic oxidation sites excluding steroid dienone is 1. The molecule has 3 rings (SSSR count). The van der Waals surface area contributed by atoms with Crippen molar-refractivity contribution in [1.82, 2.24) is 0 Å². The predicted molar refractivity (Wildman–Crippen MR) is 85.9 cm³/mol. The van der Waals surface area contributed by atoms with Crippen LogP contribution >= 0.6 is 11.3 Å². The van der Waals surface area contributed by atoms with Gasteiger partial charge in [-0.25, -0.2) is 4.79 Å². The largest absolute Gasteiger partial charge is 0.452 e. The van der Waals surface area contributed by atoms with E-state index in [0.717, 1.165) is 4.88 Å². The number of thiophene rings is 1. The number of ketones is 1. The van der Waals surface area contributed by atoms with E-state index < -0.39 is 5.97 Å². The number of ether oxygens (including phenoxy) is 3. The fraction of sp³-hybridized carbons (Fsp3) is 0.176. The zero-order chi connectivity index (χ0) is 16.4. The summed E-state index contributed by atoms with van der Waals surface area (Å²) < 4.78 is 15.6. The van der Waals surface area contributed by atoms with Crippen LogP contribution in [0.25, 0.3) is 6.08 Å². The molecule has 1 aliphatic rings. The van der Waals surface area contributed by atoms with Crippen molar-refractivity contribution in [2.24, 2.45) is 0 Å². The number of rotatable bonds is 4. The van der Waals surface area contributed by atoms with E-state index in [9.17, 15) is 9.59 Å². The lowest BCUT2D eigenvalue weighted by molar-refractivity contribution is -0.138. The average Bonchev–Trinajstić information content (AvgIpc) is 3.13. The maximum absolute atomic E-state index is 12.4. The standard InChI is InChI=1S/C17H14O5S/c1-10-13(21-15(18)9-20-2)6-5-12-16(19)14(22-17(10)12)8-11-4-3-7-23-11/h3-8H,9H2,1-2H3/b14-8-. The molecule has 2 aromatic rings. The number of benzene rings is 1. The second-order valence-electron chi connectivity index (χ2n) is 4.93. The van der Waals surface area contributed by atoms with Crippen LogP contribution in [0.1, 0.15) is 20.8 Å². The Balaban J connectivity index is 1.90. The molecular formula is C17H14O5S. The number of carbonyl (C=O) groups is 2. The van der Waals surface area contributed by atoms with Crippen molar-refractivity contribution in [1.29, 1.82) is 0 Å². The highest BCUT2D eigenvalue weighted by atomic mass is 32.1. The van der Waals surface area contributed by atoms with Gasteiger partial charge in [-0.3, -0.25) is 4.79 Å². The van der Waals surface area contributed by atoms with Crippen molar-refractivity contribution in [2.45, 2.75) is 6.92 Å². The first-order valence-corrected chi connectivity index (χ1v) is 7.79. The molecule has 6 heteroatoms. The molecular weight excluding hydrogens is 316 g/mol. The Hall–Kier alpha value is -2.44. The molecule has 23 heavy (non-hydrogen) atoms. The first-order valence-electron chi connectivity index (χ1n) is 6.91. The van der Waals surface area contributed by atoms with E-state index in [1.807, 2.05) is 17.5 Å². The van der Waals surface area contributed by atoms with Crippen LogP contribution in [-0.4, -0.2) is 25.5 Å². The van der Waals surface area contributed by atoms with Crippen LogP contribution in [0.2, 0.25) is 0 Å². The number of methoxy groups -OCH3 is 1. The molecule has 0 spiro atoms. The zero-order valence-corrected chi connectivity index (χ0v) is 13.4. The van der Waals surface area contributed by atoms with Gasteiger partial charge in [-0.05, 0) is 30.5 Å². The monoisotopic (exact) mass is 330 g/mol. The van der Waals surface area contributed by atoms with Gasteiger partial charge in [0, 0.05) is 23.6 Å². The molecule has 0 N–H and O–H groups in total. The first-order chi connectivity index (χ1) is 11.1. The molecule has 0 aliphatic carbocycles. The highest BCUT2D eigenvalue weighted by molar-refractivity contribution is 7.10. The number of hydrogen-bond acceptors (Lipinski definition) is 6. The lowest BCUT2D eigenvalue weighted by Gasteiger charge is -2.09. The van der Waals surface area contributed by atoms with Crippen LogP contribution in [0.3, 0.4) is 0 Å². The molecule has 1 aliphatic heterocycles. The van der Waals surface area contributed by atoms with E-state index in [2.05, 4.69) is 0 Å². The van der Waals surface area contributed by atoms with Gasteiger partial charge in [-0.2, -0.15) is 0 Å². The van der Waals surface area contributed by atoms with Gasteiger partial charge in [-0.15, -0.1) is 11.3 Å². The third-order valence-corrected chi connectivity index (χ3v) is 4.16. The van der Waals surface area contributed by atoms with Crippen LogP contribution in [0.5, 0.6) is 11.5 Å². The number of fused-ring (bicyclic) bond motifs is 1. The minimum Gasteiger partial charge on any atom is -0.452 e. The molecule has 0 atom stereocenters. The second kappa shape index (κ2) is 6.36. The minimum atomic E-state index is -0.505. The van der Waals surface area contributed by atoms with Crippen molar-refractivity contribution >= 4 is 29.2 Å². The molecule has 1 aromatic heterocycles. The summed E-state index contributed by atoms with van der Waals surface area (Å²) in [5.74, 6) is 0.378. The van der Waals surface area contributed by atoms with Gasteiger partial charge in [0.1, 0.15) is 18.1 Å². The summed E-state index contributed by atoms with van der Waals surface area (Å²) in [5.41, 5.74) is 1.08. The lowest BCUT2D eigenvalue weighted by Crippen LogP contribution is -2.14. The van der Waals surface area contributed by atoms with E-state index in [0.29, 0.717) is 22.6 Å². The quantitative estimate of drug-likeness (QED) is 0.489. The summed E-state index contributed by atoms with van der Waals surface area (Å²) in [6, 6.07) is 7.01. The van der Waals surface area contributed by atoms with Gasteiger partial charge < -0.3 is 14.2 Å². The smallest absolute Gasteiger partial charge is 0.337 e. The van der Waals surface area contributed by atoms with Crippen LogP contribution in [0.4, 0.5) is 0 Å². The number of esters is 1. The number of carbonyl (C=O) groups excluding carboxylic acids is 2. The molecule has 0 amide bonds. The normalized spacial score (nSPS) is 14.7. The van der Waals surface area contributed by atoms with Crippen molar-refractivity contribution in [3.05, 3.63) is 51.4 Å². The molecule has 5 nitrogen and oxygen atoms in total. The number of Topliss-reactive ketones (excluding diaryl/α,β-unsaturated/α-hetero) is 1. The summed E-state index contributed by atoms with van der Waals surface area (Å²) in [5, 5.41) is 1.93. The Morgan fingerprint density at radius 2 is 2.17 bits per heavy atom. The van der Waals surface area contributed by atoms with Gasteiger partial charge in [0.05, 0.1) is 5.56 Å². The lowest BCUT2D eigenvalue weighted by atomic mass is 10.1. The molecule has 0 bridgehead atoms. The Morgan fingerprint density at radius 3 is 2.87 bits per heavy atom. The Bertz CT molecular complexity index is 790. The van der Waals surface area contributed by atoms with Gasteiger partial charge >= 0.3 is 5.97 Å². The Labute approximate surface area is 137 Å². The van der Waals surface area contributed by atoms with E-state index in [4.69, 9.17) is 14.2 Å². The van der Waals surface area contributed by atoms with Crippen molar-refractivity contribution in [3.63, 3.8) is 0 Å². The highest BCUT2D eigenvalue weighted by Crippen LogP contribution is 2.39. The van der Waals surface area contributed by atoms with Crippen LogP contribution in [-0.2, 0) is 9.53 Å². The first kappa shape index (κ1) is 15.5. The third kappa shape index (κ3) is 3.04. The van der Waals surface area contributed by atoms with E-state index in [1.165, 1.54) is 18.4 Å². The van der Waals surface area contributed by atoms with Crippen LogP contribution in [0, 0.1) is 6.92 Å².